The molecule has 0 fully saturated rings. The van der Waals surface area contributed by atoms with Gasteiger partial charge in [0.15, 0.2) is 6.61 Å². The molecule has 0 saturated carbocycles. The van der Waals surface area contributed by atoms with Gasteiger partial charge in [-0.25, -0.2) is 0 Å². The van der Waals surface area contributed by atoms with Crippen molar-refractivity contribution in [3.8, 4) is 5.75 Å². The van der Waals surface area contributed by atoms with Gasteiger partial charge in [0, 0.05) is 5.69 Å². The average molecular weight is 267 g/mol. The summed E-state index contributed by atoms with van der Waals surface area (Å²) in [6.07, 6.45) is 2.53. The Labute approximate surface area is 118 Å². The quantitative estimate of drug-likeness (QED) is 0.814. The van der Waals surface area contributed by atoms with Crippen LogP contribution in [0.25, 0.3) is 0 Å². The molecule has 20 heavy (non-hydrogen) atoms. The normalized spacial score (nSPS) is 9.80. The minimum absolute atomic E-state index is 0.0109. The molecule has 1 N–H and O–H groups in total. The van der Waals surface area contributed by atoms with Crippen molar-refractivity contribution in [2.24, 2.45) is 0 Å². The number of carbonyl (C=O) groups is 1. The maximum atomic E-state index is 11.8. The highest BCUT2D eigenvalue weighted by Gasteiger charge is 2.06. The Morgan fingerprint density at radius 3 is 2.55 bits per heavy atom. The van der Waals surface area contributed by atoms with E-state index in [0.29, 0.717) is 0 Å². The van der Waals surface area contributed by atoms with Gasteiger partial charge in [-0.05, 0) is 30.2 Å². The molecule has 3 heteroatoms. The van der Waals surface area contributed by atoms with Gasteiger partial charge in [-0.3, -0.25) is 4.79 Å². The van der Waals surface area contributed by atoms with Gasteiger partial charge in [0.1, 0.15) is 5.75 Å². The average Bonchev–Trinajstić information content (AvgIpc) is 2.48. The molecule has 2 aromatic carbocycles. The van der Waals surface area contributed by atoms with Crippen LogP contribution in [0.5, 0.6) is 5.75 Å². The molecule has 2 aromatic rings. The Morgan fingerprint density at radius 2 is 1.80 bits per heavy atom. The van der Waals surface area contributed by atoms with E-state index in [1.807, 2.05) is 60.7 Å². The predicted molar refractivity (Wildman–Crippen MR) is 80.9 cm³/mol. The zero-order valence-electron chi connectivity index (χ0n) is 11.2. The second kappa shape index (κ2) is 7.14. The molecular weight excluding hydrogens is 250 g/mol. The van der Waals surface area contributed by atoms with E-state index in [1.54, 1.807) is 0 Å². The lowest BCUT2D eigenvalue weighted by Gasteiger charge is -2.10. The number of allylic oxidation sites excluding steroid dienone is 1. The van der Waals surface area contributed by atoms with Crippen LogP contribution in [0.1, 0.15) is 5.56 Å². The third-order valence-electron chi connectivity index (χ3n) is 2.75. The van der Waals surface area contributed by atoms with Gasteiger partial charge in [-0.1, -0.05) is 42.5 Å². The van der Waals surface area contributed by atoms with Crippen molar-refractivity contribution < 1.29 is 9.53 Å². The van der Waals surface area contributed by atoms with E-state index in [-0.39, 0.29) is 12.5 Å². The van der Waals surface area contributed by atoms with E-state index in [1.165, 1.54) is 0 Å². The van der Waals surface area contributed by atoms with E-state index in [2.05, 4.69) is 11.9 Å². The Bertz CT molecular complexity index is 579. The Balaban J connectivity index is 1.92. The van der Waals surface area contributed by atoms with Gasteiger partial charge in [0.05, 0.1) is 0 Å². The van der Waals surface area contributed by atoms with E-state index >= 15 is 0 Å². The molecule has 0 aliphatic heterocycles. The van der Waals surface area contributed by atoms with Crippen molar-refractivity contribution in [2.45, 2.75) is 6.42 Å². The topological polar surface area (TPSA) is 38.3 Å². The molecular formula is C17H17NO2. The third-order valence-corrected chi connectivity index (χ3v) is 2.75. The number of para-hydroxylation sites is 2. The van der Waals surface area contributed by atoms with Crippen LogP contribution in [0, 0.1) is 0 Å². The summed E-state index contributed by atoms with van der Waals surface area (Å²) in [5.41, 5.74) is 1.79. The number of hydrogen-bond donors (Lipinski definition) is 1. The molecule has 102 valence electrons. The largest absolute Gasteiger partial charge is 0.483 e. The van der Waals surface area contributed by atoms with Gasteiger partial charge < -0.3 is 10.1 Å². The van der Waals surface area contributed by atoms with Crippen molar-refractivity contribution in [1.29, 1.82) is 0 Å². The van der Waals surface area contributed by atoms with Crippen LogP contribution in [-0.4, -0.2) is 12.5 Å². The van der Waals surface area contributed by atoms with E-state index in [9.17, 15) is 4.79 Å². The second-order valence-electron chi connectivity index (χ2n) is 4.30. The molecule has 2 rings (SSSR count). The summed E-state index contributed by atoms with van der Waals surface area (Å²) in [6.45, 7) is 3.70. The Morgan fingerprint density at radius 1 is 1.10 bits per heavy atom. The number of anilines is 1. The summed E-state index contributed by atoms with van der Waals surface area (Å²) in [6, 6.07) is 17.0. The highest BCUT2D eigenvalue weighted by molar-refractivity contribution is 5.91. The van der Waals surface area contributed by atoms with Crippen molar-refractivity contribution in [1.82, 2.24) is 0 Å². The Kier molecular flexibility index (Phi) is 4.95. The van der Waals surface area contributed by atoms with Gasteiger partial charge in [-0.15, -0.1) is 6.58 Å². The van der Waals surface area contributed by atoms with Crippen LogP contribution in [0.15, 0.2) is 67.3 Å². The molecule has 0 aliphatic rings. The fourth-order valence-corrected chi connectivity index (χ4v) is 1.83. The number of rotatable bonds is 6. The fourth-order valence-electron chi connectivity index (χ4n) is 1.83. The number of amides is 1. The molecule has 0 aliphatic carbocycles. The molecule has 0 spiro atoms. The molecule has 0 heterocycles. The minimum Gasteiger partial charge on any atom is -0.483 e. The molecule has 0 aromatic heterocycles. The summed E-state index contributed by atoms with van der Waals surface area (Å²) in [7, 11) is 0. The van der Waals surface area contributed by atoms with Crippen LogP contribution in [-0.2, 0) is 11.2 Å². The maximum absolute atomic E-state index is 11.8. The number of carbonyl (C=O) groups excluding carboxylic acids is 1. The smallest absolute Gasteiger partial charge is 0.262 e. The van der Waals surface area contributed by atoms with E-state index < -0.39 is 0 Å². The third kappa shape index (κ3) is 3.99. The molecule has 0 unspecified atom stereocenters. The summed E-state index contributed by atoms with van der Waals surface area (Å²) >= 11 is 0. The lowest BCUT2D eigenvalue weighted by molar-refractivity contribution is -0.118. The molecule has 1 amide bonds. The standard InChI is InChI=1S/C17H17NO2/c1-2-8-14-9-6-7-12-16(14)20-13-17(19)18-15-10-4-3-5-11-15/h2-7,9-12H,1,8,13H2,(H,18,19). The van der Waals surface area contributed by atoms with E-state index in [4.69, 9.17) is 4.74 Å². The summed E-state index contributed by atoms with van der Waals surface area (Å²) < 4.78 is 5.56. The highest BCUT2D eigenvalue weighted by Crippen LogP contribution is 2.18. The number of ether oxygens (including phenoxy) is 1. The predicted octanol–water partition coefficient (Wildman–Crippen LogP) is 3.43. The summed E-state index contributed by atoms with van der Waals surface area (Å²) in [5, 5.41) is 2.78. The number of hydrogen-bond acceptors (Lipinski definition) is 2. The van der Waals surface area contributed by atoms with Crippen LogP contribution < -0.4 is 10.1 Å². The zero-order chi connectivity index (χ0) is 14.2. The lowest BCUT2D eigenvalue weighted by atomic mass is 10.1. The first-order valence-electron chi connectivity index (χ1n) is 6.46. The first-order chi connectivity index (χ1) is 9.79. The van der Waals surface area contributed by atoms with Gasteiger partial charge in [-0.2, -0.15) is 0 Å². The van der Waals surface area contributed by atoms with Crippen LogP contribution in [0.3, 0.4) is 0 Å². The van der Waals surface area contributed by atoms with Gasteiger partial charge >= 0.3 is 0 Å². The molecule has 0 radical (unpaired) electrons. The molecule has 3 nitrogen and oxygen atoms in total. The van der Waals surface area contributed by atoms with Crippen molar-refractivity contribution in [3.05, 3.63) is 72.8 Å². The van der Waals surface area contributed by atoms with Crippen molar-refractivity contribution in [3.63, 3.8) is 0 Å². The first-order valence-corrected chi connectivity index (χ1v) is 6.46. The first kappa shape index (κ1) is 13.9. The molecule has 0 atom stereocenters. The van der Waals surface area contributed by atoms with Crippen molar-refractivity contribution in [2.75, 3.05) is 11.9 Å². The highest BCUT2D eigenvalue weighted by atomic mass is 16.5. The van der Waals surface area contributed by atoms with Gasteiger partial charge in [0.2, 0.25) is 0 Å². The summed E-state index contributed by atoms with van der Waals surface area (Å²) in [4.78, 5) is 11.8. The second-order valence-corrected chi connectivity index (χ2v) is 4.30. The summed E-state index contributed by atoms with van der Waals surface area (Å²) in [5.74, 6) is 0.542. The van der Waals surface area contributed by atoms with Crippen LogP contribution in [0.2, 0.25) is 0 Å². The fraction of sp³-hybridized carbons (Fsp3) is 0.118. The monoisotopic (exact) mass is 267 g/mol. The zero-order valence-corrected chi connectivity index (χ0v) is 11.2. The van der Waals surface area contributed by atoms with Crippen LogP contribution in [0.4, 0.5) is 5.69 Å². The van der Waals surface area contributed by atoms with Crippen LogP contribution >= 0.6 is 0 Å². The SMILES string of the molecule is C=CCc1ccccc1OCC(=O)Nc1ccccc1. The molecule has 0 saturated heterocycles. The Hall–Kier alpha value is -2.55. The lowest BCUT2D eigenvalue weighted by Crippen LogP contribution is -2.20. The minimum atomic E-state index is -0.176. The van der Waals surface area contributed by atoms with Gasteiger partial charge in [0.25, 0.3) is 5.91 Å². The number of nitrogens with one attached hydrogen (secondary N) is 1. The van der Waals surface area contributed by atoms with E-state index in [0.717, 1.165) is 23.4 Å². The maximum Gasteiger partial charge on any atom is 0.262 e. The van der Waals surface area contributed by atoms with Crippen molar-refractivity contribution >= 4 is 11.6 Å². The molecule has 0 bridgehead atoms. The number of benzene rings is 2.